The Kier molecular flexibility index (Phi) is 4.70. The highest BCUT2D eigenvalue weighted by molar-refractivity contribution is 7.80. The molecule has 1 amide bonds. The number of nitrogens with two attached hydrogens (primary N) is 1. The third kappa shape index (κ3) is 3.89. The van der Waals surface area contributed by atoms with Crippen LogP contribution in [-0.4, -0.2) is 10.9 Å². The Labute approximate surface area is 130 Å². The normalized spacial score (nSPS) is 11.7. The van der Waals surface area contributed by atoms with E-state index in [1.165, 1.54) is 5.56 Å². The number of hydrogen-bond donors (Lipinski definition) is 2. The van der Waals surface area contributed by atoms with E-state index < -0.39 is 0 Å². The minimum atomic E-state index is -0.138. The van der Waals surface area contributed by atoms with Crippen LogP contribution < -0.4 is 11.1 Å². The van der Waals surface area contributed by atoms with Gasteiger partial charge in [0.1, 0.15) is 4.99 Å². The molecular formula is C17H18N2OS. The molecule has 2 aromatic rings. The Morgan fingerprint density at radius 3 is 2.38 bits per heavy atom. The van der Waals surface area contributed by atoms with E-state index in [0.29, 0.717) is 11.1 Å². The number of carbonyl (C=O) groups excluding carboxylic acids is 1. The zero-order valence-electron chi connectivity index (χ0n) is 12.1. The third-order valence-electron chi connectivity index (χ3n) is 3.33. The molecule has 2 rings (SSSR count). The molecule has 0 bridgehead atoms. The van der Waals surface area contributed by atoms with E-state index >= 15 is 0 Å². The van der Waals surface area contributed by atoms with Crippen molar-refractivity contribution in [1.29, 1.82) is 0 Å². The second-order valence-electron chi connectivity index (χ2n) is 5.05. The molecule has 3 nitrogen and oxygen atoms in total. The quantitative estimate of drug-likeness (QED) is 0.853. The van der Waals surface area contributed by atoms with Gasteiger partial charge < -0.3 is 11.1 Å². The molecule has 0 saturated heterocycles. The molecule has 0 radical (unpaired) electrons. The first-order valence-corrected chi connectivity index (χ1v) is 7.15. The summed E-state index contributed by atoms with van der Waals surface area (Å²) in [5.74, 6) is -0.138. The van der Waals surface area contributed by atoms with Crippen molar-refractivity contribution in [3.8, 4) is 0 Å². The summed E-state index contributed by atoms with van der Waals surface area (Å²) in [7, 11) is 0. The summed E-state index contributed by atoms with van der Waals surface area (Å²) in [6.07, 6.45) is 0. The van der Waals surface area contributed by atoms with Crippen LogP contribution in [0.4, 0.5) is 0 Å². The predicted molar refractivity (Wildman–Crippen MR) is 89.4 cm³/mol. The van der Waals surface area contributed by atoms with Gasteiger partial charge in [-0.05, 0) is 31.5 Å². The summed E-state index contributed by atoms with van der Waals surface area (Å²) in [6, 6.07) is 15.1. The highest BCUT2D eigenvalue weighted by Crippen LogP contribution is 2.14. The summed E-state index contributed by atoms with van der Waals surface area (Å²) in [6.45, 7) is 3.99. The van der Waals surface area contributed by atoms with Gasteiger partial charge in [-0.25, -0.2) is 0 Å². The van der Waals surface area contributed by atoms with E-state index in [-0.39, 0.29) is 16.9 Å². The molecule has 1 atom stereocenters. The van der Waals surface area contributed by atoms with Crippen molar-refractivity contribution < 1.29 is 4.79 Å². The Morgan fingerprint density at radius 2 is 1.76 bits per heavy atom. The Morgan fingerprint density at radius 1 is 1.14 bits per heavy atom. The molecule has 21 heavy (non-hydrogen) atoms. The van der Waals surface area contributed by atoms with Crippen molar-refractivity contribution >= 4 is 23.1 Å². The highest BCUT2D eigenvalue weighted by Gasteiger charge is 2.12. The average molecular weight is 298 g/mol. The third-order valence-corrected chi connectivity index (χ3v) is 3.57. The number of aryl methyl sites for hydroxylation is 1. The predicted octanol–water partition coefficient (Wildman–Crippen LogP) is 3.12. The van der Waals surface area contributed by atoms with Crippen molar-refractivity contribution in [2.45, 2.75) is 19.9 Å². The summed E-state index contributed by atoms with van der Waals surface area (Å²) >= 11 is 4.93. The zero-order chi connectivity index (χ0) is 15.4. The maximum absolute atomic E-state index is 12.3. The first-order valence-electron chi connectivity index (χ1n) is 6.74. The second kappa shape index (κ2) is 6.50. The standard InChI is InChI=1S/C17H18N2OS/c1-11-6-8-13(9-7-11)12(2)19-17(20)15-5-3-4-14(10-15)16(18)21/h3-10,12H,1-2H3,(H2,18,21)(H,19,20). The number of carbonyl (C=O) groups is 1. The van der Waals surface area contributed by atoms with E-state index in [4.69, 9.17) is 18.0 Å². The van der Waals surface area contributed by atoms with Crippen LogP contribution in [0.1, 0.15) is 40.0 Å². The van der Waals surface area contributed by atoms with E-state index in [0.717, 1.165) is 5.56 Å². The van der Waals surface area contributed by atoms with Crippen LogP contribution in [0.3, 0.4) is 0 Å². The van der Waals surface area contributed by atoms with Crippen LogP contribution >= 0.6 is 12.2 Å². The lowest BCUT2D eigenvalue weighted by Gasteiger charge is -2.15. The van der Waals surface area contributed by atoms with Gasteiger partial charge in [0, 0.05) is 11.1 Å². The number of nitrogens with one attached hydrogen (secondary N) is 1. The van der Waals surface area contributed by atoms with Crippen molar-refractivity contribution in [2.24, 2.45) is 5.73 Å². The Hall–Kier alpha value is -2.20. The van der Waals surface area contributed by atoms with Gasteiger partial charge in [-0.1, -0.05) is 54.2 Å². The topological polar surface area (TPSA) is 55.1 Å². The molecule has 0 fully saturated rings. The molecule has 0 saturated carbocycles. The molecule has 0 spiro atoms. The smallest absolute Gasteiger partial charge is 0.251 e. The summed E-state index contributed by atoms with van der Waals surface area (Å²) < 4.78 is 0. The minimum Gasteiger partial charge on any atom is -0.389 e. The van der Waals surface area contributed by atoms with Gasteiger partial charge in [0.2, 0.25) is 0 Å². The fourth-order valence-corrected chi connectivity index (χ4v) is 2.16. The molecule has 0 aliphatic rings. The number of amides is 1. The maximum atomic E-state index is 12.3. The molecule has 1 unspecified atom stereocenters. The molecule has 0 heterocycles. The second-order valence-corrected chi connectivity index (χ2v) is 5.49. The van der Waals surface area contributed by atoms with E-state index in [1.54, 1.807) is 24.3 Å². The van der Waals surface area contributed by atoms with Gasteiger partial charge >= 0.3 is 0 Å². The van der Waals surface area contributed by atoms with Gasteiger partial charge in [-0.15, -0.1) is 0 Å². The van der Waals surface area contributed by atoms with Crippen molar-refractivity contribution in [1.82, 2.24) is 5.32 Å². The average Bonchev–Trinajstić information content (AvgIpc) is 2.48. The number of thiocarbonyl (C=S) groups is 1. The first-order chi connectivity index (χ1) is 9.97. The zero-order valence-corrected chi connectivity index (χ0v) is 12.9. The van der Waals surface area contributed by atoms with Crippen LogP contribution in [0, 0.1) is 6.92 Å². The van der Waals surface area contributed by atoms with Crippen molar-refractivity contribution in [3.63, 3.8) is 0 Å². The Bertz CT molecular complexity index is 665. The summed E-state index contributed by atoms with van der Waals surface area (Å²) in [5, 5.41) is 2.98. The fourth-order valence-electron chi connectivity index (χ4n) is 2.03. The highest BCUT2D eigenvalue weighted by atomic mass is 32.1. The van der Waals surface area contributed by atoms with Gasteiger partial charge in [0.05, 0.1) is 6.04 Å². The van der Waals surface area contributed by atoms with Gasteiger partial charge in [0.25, 0.3) is 5.91 Å². The molecule has 0 aliphatic carbocycles. The lowest BCUT2D eigenvalue weighted by molar-refractivity contribution is 0.0940. The number of hydrogen-bond acceptors (Lipinski definition) is 2. The Balaban J connectivity index is 2.12. The van der Waals surface area contributed by atoms with Gasteiger partial charge in [-0.2, -0.15) is 0 Å². The molecular weight excluding hydrogens is 280 g/mol. The van der Waals surface area contributed by atoms with Gasteiger partial charge in [0.15, 0.2) is 0 Å². The molecule has 0 aromatic heterocycles. The van der Waals surface area contributed by atoms with Crippen LogP contribution in [0.25, 0.3) is 0 Å². The minimum absolute atomic E-state index is 0.0633. The van der Waals surface area contributed by atoms with Crippen LogP contribution in [0.5, 0.6) is 0 Å². The van der Waals surface area contributed by atoms with Crippen molar-refractivity contribution in [3.05, 3.63) is 70.8 Å². The molecule has 4 heteroatoms. The van der Waals surface area contributed by atoms with E-state index in [2.05, 4.69) is 5.32 Å². The SMILES string of the molecule is Cc1ccc(C(C)NC(=O)c2cccc(C(N)=S)c2)cc1. The number of benzene rings is 2. The molecule has 0 aliphatic heterocycles. The fraction of sp³-hybridized carbons (Fsp3) is 0.176. The van der Waals surface area contributed by atoms with Crippen LogP contribution in [0.15, 0.2) is 48.5 Å². The summed E-state index contributed by atoms with van der Waals surface area (Å²) in [5.41, 5.74) is 9.10. The first kappa shape index (κ1) is 15.2. The van der Waals surface area contributed by atoms with Crippen molar-refractivity contribution in [2.75, 3.05) is 0 Å². The largest absolute Gasteiger partial charge is 0.389 e. The van der Waals surface area contributed by atoms with Crippen LogP contribution in [-0.2, 0) is 0 Å². The molecule has 2 aromatic carbocycles. The molecule has 108 valence electrons. The van der Waals surface area contributed by atoms with Crippen LogP contribution in [0.2, 0.25) is 0 Å². The van der Waals surface area contributed by atoms with E-state index in [9.17, 15) is 4.79 Å². The maximum Gasteiger partial charge on any atom is 0.251 e. The monoisotopic (exact) mass is 298 g/mol. The number of rotatable bonds is 4. The lowest BCUT2D eigenvalue weighted by Crippen LogP contribution is -2.27. The lowest BCUT2D eigenvalue weighted by atomic mass is 10.1. The summed E-state index contributed by atoms with van der Waals surface area (Å²) in [4.78, 5) is 12.6. The van der Waals surface area contributed by atoms with Gasteiger partial charge in [-0.3, -0.25) is 4.79 Å². The van der Waals surface area contributed by atoms with E-state index in [1.807, 2.05) is 38.1 Å². The molecule has 3 N–H and O–H groups in total.